The highest BCUT2D eigenvalue weighted by Crippen LogP contribution is 2.19. The molecular weight excluding hydrogens is 297 g/mol. The van der Waals surface area contributed by atoms with E-state index in [9.17, 15) is 21.2 Å². The molecule has 0 aromatic heterocycles. The zero-order valence-corrected chi connectivity index (χ0v) is 12.0. The molecule has 0 radical (unpaired) electrons. The van der Waals surface area contributed by atoms with Crippen molar-refractivity contribution in [1.82, 2.24) is 4.72 Å². The Bertz CT molecular complexity index is 654. The van der Waals surface area contributed by atoms with E-state index in [0.29, 0.717) is 0 Å². The quantitative estimate of drug-likeness (QED) is 0.597. The summed E-state index contributed by atoms with van der Waals surface area (Å²) in [5, 5.41) is 0. The van der Waals surface area contributed by atoms with Gasteiger partial charge >= 0.3 is 0 Å². The predicted molar refractivity (Wildman–Crippen MR) is 66.6 cm³/mol. The van der Waals surface area contributed by atoms with Gasteiger partial charge in [-0.1, -0.05) is 0 Å². The van der Waals surface area contributed by atoms with Crippen LogP contribution in [-0.2, 0) is 24.6 Å². The smallest absolute Gasteiger partial charge is 0.243 e. The number of ether oxygens (including phenoxy) is 1. The summed E-state index contributed by atoms with van der Waals surface area (Å²) in [6.45, 7) is 0.0774. The van der Waals surface area contributed by atoms with Gasteiger partial charge in [0, 0.05) is 19.9 Å². The van der Waals surface area contributed by atoms with E-state index in [2.05, 4.69) is 9.46 Å². The second-order valence-corrected chi connectivity index (χ2v) is 7.51. The Kier molecular flexibility index (Phi) is 5.02. The number of nitrogens with one attached hydrogen (secondary N) is 1. The Balaban J connectivity index is 3.19. The molecule has 19 heavy (non-hydrogen) atoms. The highest BCUT2D eigenvalue weighted by atomic mass is 32.2. The fourth-order valence-corrected chi connectivity index (χ4v) is 3.11. The number of halogens is 1. The number of hydrogen-bond acceptors (Lipinski definition) is 5. The number of methoxy groups -OCH3 is 1. The molecular formula is C10H14FNO5S2. The van der Waals surface area contributed by atoms with Crippen LogP contribution in [-0.4, -0.2) is 43.4 Å². The molecule has 1 aromatic carbocycles. The van der Waals surface area contributed by atoms with Gasteiger partial charge in [0.2, 0.25) is 10.0 Å². The zero-order chi connectivity index (χ0) is 14.7. The van der Waals surface area contributed by atoms with Gasteiger partial charge in [-0.2, -0.15) is 0 Å². The lowest BCUT2D eigenvalue weighted by atomic mass is 10.3. The largest absolute Gasteiger partial charge is 0.383 e. The van der Waals surface area contributed by atoms with Crippen LogP contribution in [0.25, 0.3) is 0 Å². The summed E-state index contributed by atoms with van der Waals surface area (Å²) in [7, 11) is -6.34. The first-order valence-electron chi connectivity index (χ1n) is 5.16. The number of rotatable bonds is 6. The first-order valence-corrected chi connectivity index (χ1v) is 8.54. The van der Waals surface area contributed by atoms with Crippen LogP contribution >= 0.6 is 0 Å². The van der Waals surface area contributed by atoms with Crippen molar-refractivity contribution in [3.63, 3.8) is 0 Å². The molecule has 0 fully saturated rings. The molecule has 0 unspecified atom stereocenters. The molecule has 0 saturated heterocycles. The van der Waals surface area contributed by atoms with Gasteiger partial charge in [-0.25, -0.2) is 25.9 Å². The van der Waals surface area contributed by atoms with E-state index in [1.807, 2.05) is 0 Å². The Hall–Kier alpha value is -1.03. The molecule has 1 N–H and O–H groups in total. The number of sulfonamides is 1. The van der Waals surface area contributed by atoms with Gasteiger partial charge in [-0.15, -0.1) is 0 Å². The Morgan fingerprint density at radius 3 is 2.42 bits per heavy atom. The zero-order valence-electron chi connectivity index (χ0n) is 10.4. The Morgan fingerprint density at radius 1 is 1.26 bits per heavy atom. The molecule has 0 spiro atoms. The SMILES string of the molecule is COCCNS(=O)(=O)c1cc(S(C)(=O)=O)ccc1F. The summed E-state index contributed by atoms with van der Waals surface area (Å²) in [6.07, 6.45) is 0.912. The fraction of sp³-hybridized carbons (Fsp3) is 0.400. The molecule has 108 valence electrons. The summed E-state index contributed by atoms with van der Waals surface area (Å²) >= 11 is 0. The maximum atomic E-state index is 13.5. The van der Waals surface area contributed by atoms with Crippen molar-refractivity contribution in [3.8, 4) is 0 Å². The van der Waals surface area contributed by atoms with Gasteiger partial charge < -0.3 is 4.74 Å². The minimum atomic E-state index is -4.12. The van der Waals surface area contributed by atoms with Crippen LogP contribution < -0.4 is 4.72 Å². The van der Waals surface area contributed by atoms with Crippen LogP contribution in [0.3, 0.4) is 0 Å². The van der Waals surface area contributed by atoms with E-state index in [4.69, 9.17) is 0 Å². The van der Waals surface area contributed by atoms with E-state index >= 15 is 0 Å². The third-order valence-electron chi connectivity index (χ3n) is 2.22. The molecule has 0 aliphatic heterocycles. The van der Waals surface area contributed by atoms with E-state index in [0.717, 1.165) is 24.5 Å². The molecule has 0 atom stereocenters. The molecule has 0 aliphatic carbocycles. The number of sulfone groups is 1. The minimum Gasteiger partial charge on any atom is -0.383 e. The summed E-state index contributed by atoms with van der Waals surface area (Å²) in [5.41, 5.74) is 0. The Labute approximate surface area is 111 Å². The van der Waals surface area contributed by atoms with Crippen molar-refractivity contribution < 1.29 is 26.0 Å². The van der Waals surface area contributed by atoms with Gasteiger partial charge in [0.05, 0.1) is 11.5 Å². The van der Waals surface area contributed by atoms with E-state index in [1.54, 1.807) is 0 Å². The second-order valence-electron chi connectivity index (χ2n) is 3.75. The highest BCUT2D eigenvalue weighted by molar-refractivity contribution is 7.91. The standard InChI is InChI=1S/C10H14FNO5S2/c1-17-6-5-12-19(15,16)10-7-8(18(2,13)14)3-4-9(10)11/h3-4,7,12H,5-6H2,1-2H3. The lowest BCUT2D eigenvalue weighted by molar-refractivity contribution is 0.204. The van der Waals surface area contributed by atoms with Crippen LogP contribution in [0.4, 0.5) is 4.39 Å². The summed E-state index contributed by atoms with van der Waals surface area (Å²) in [5.74, 6) is -1.02. The van der Waals surface area contributed by atoms with Gasteiger partial charge in [0.25, 0.3) is 0 Å². The highest BCUT2D eigenvalue weighted by Gasteiger charge is 2.21. The first-order chi connectivity index (χ1) is 8.68. The van der Waals surface area contributed by atoms with Crippen molar-refractivity contribution in [2.75, 3.05) is 26.5 Å². The topological polar surface area (TPSA) is 89.5 Å². The van der Waals surface area contributed by atoms with Gasteiger partial charge in [-0.3, -0.25) is 0 Å². The molecule has 0 amide bonds. The van der Waals surface area contributed by atoms with Crippen LogP contribution in [0, 0.1) is 5.82 Å². The van der Waals surface area contributed by atoms with Gasteiger partial charge in [0.15, 0.2) is 9.84 Å². The third kappa shape index (κ3) is 4.23. The monoisotopic (exact) mass is 311 g/mol. The van der Waals surface area contributed by atoms with Crippen molar-refractivity contribution in [2.45, 2.75) is 9.79 Å². The van der Waals surface area contributed by atoms with Crippen LogP contribution in [0.15, 0.2) is 28.0 Å². The fourth-order valence-electron chi connectivity index (χ4n) is 1.28. The summed E-state index contributed by atoms with van der Waals surface area (Å²) in [4.78, 5) is -0.965. The third-order valence-corrected chi connectivity index (χ3v) is 4.80. The van der Waals surface area contributed by atoms with Gasteiger partial charge in [-0.05, 0) is 18.2 Å². The lowest BCUT2D eigenvalue weighted by Gasteiger charge is -2.08. The Morgan fingerprint density at radius 2 is 1.89 bits per heavy atom. The minimum absolute atomic E-state index is 0.0403. The maximum Gasteiger partial charge on any atom is 0.243 e. The van der Waals surface area contributed by atoms with Crippen molar-refractivity contribution in [2.24, 2.45) is 0 Å². The average Bonchev–Trinajstić information content (AvgIpc) is 2.27. The molecule has 0 bridgehead atoms. The van der Waals surface area contributed by atoms with Crippen LogP contribution in [0.1, 0.15) is 0 Å². The number of hydrogen-bond donors (Lipinski definition) is 1. The molecule has 0 aliphatic rings. The number of benzene rings is 1. The van der Waals surface area contributed by atoms with Crippen molar-refractivity contribution in [1.29, 1.82) is 0 Å². The van der Waals surface area contributed by atoms with Gasteiger partial charge in [0.1, 0.15) is 10.7 Å². The normalized spacial score (nSPS) is 12.6. The van der Waals surface area contributed by atoms with E-state index in [1.165, 1.54) is 7.11 Å². The molecule has 1 rings (SSSR count). The molecule has 1 aromatic rings. The average molecular weight is 311 g/mol. The van der Waals surface area contributed by atoms with Crippen molar-refractivity contribution >= 4 is 19.9 Å². The molecule has 0 saturated carbocycles. The predicted octanol–water partition coefficient (Wildman–Crippen LogP) is 0.154. The molecule has 6 nitrogen and oxygen atoms in total. The maximum absolute atomic E-state index is 13.5. The second kappa shape index (κ2) is 5.95. The summed E-state index contributed by atoms with van der Waals surface area (Å²) < 4.78 is 66.6. The summed E-state index contributed by atoms with van der Waals surface area (Å²) in [6, 6.07) is 2.61. The molecule has 9 heteroatoms. The first kappa shape index (κ1) is 16.0. The van der Waals surface area contributed by atoms with E-state index in [-0.39, 0.29) is 18.0 Å². The van der Waals surface area contributed by atoms with E-state index < -0.39 is 30.6 Å². The lowest BCUT2D eigenvalue weighted by Crippen LogP contribution is -2.28. The van der Waals surface area contributed by atoms with Crippen molar-refractivity contribution in [3.05, 3.63) is 24.0 Å². The van der Waals surface area contributed by atoms with Crippen LogP contribution in [0.5, 0.6) is 0 Å². The molecule has 0 heterocycles. The van der Waals surface area contributed by atoms with Crippen LogP contribution in [0.2, 0.25) is 0 Å².